The summed E-state index contributed by atoms with van der Waals surface area (Å²) < 4.78 is 0. The fraction of sp³-hybridized carbons (Fsp3) is 0.500. The lowest BCUT2D eigenvalue weighted by Crippen LogP contribution is -2.35. The summed E-state index contributed by atoms with van der Waals surface area (Å²) in [7, 11) is 0. The van der Waals surface area contributed by atoms with Crippen molar-refractivity contribution >= 4 is 10.8 Å². The third-order valence-electron chi connectivity index (χ3n) is 4.87. The molecular formula is C20H27N. The van der Waals surface area contributed by atoms with Crippen LogP contribution in [0.5, 0.6) is 0 Å². The van der Waals surface area contributed by atoms with Gasteiger partial charge in [0.15, 0.2) is 0 Å². The van der Waals surface area contributed by atoms with Crippen molar-refractivity contribution in [1.82, 2.24) is 5.32 Å². The van der Waals surface area contributed by atoms with Crippen LogP contribution in [-0.4, -0.2) is 12.6 Å². The molecule has 0 aliphatic heterocycles. The van der Waals surface area contributed by atoms with E-state index in [1.54, 1.807) is 0 Å². The Hall–Kier alpha value is -1.34. The SMILES string of the molecule is CCCNC(Cc1cccc2ccccc12)CC1CCC1. The molecule has 0 aromatic heterocycles. The molecule has 112 valence electrons. The highest BCUT2D eigenvalue weighted by Crippen LogP contribution is 2.31. The average molecular weight is 281 g/mol. The Bertz CT molecular complexity index is 566. The van der Waals surface area contributed by atoms with Gasteiger partial charge in [0.05, 0.1) is 0 Å². The maximum atomic E-state index is 3.78. The summed E-state index contributed by atoms with van der Waals surface area (Å²) in [6.07, 6.45) is 8.07. The second-order valence-electron chi connectivity index (χ2n) is 6.53. The predicted molar refractivity (Wildman–Crippen MR) is 91.7 cm³/mol. The second kappa shape index (κ2) is 7.09. The summed E-state index contributed by atoms with van der Waals surface area (Å²) in [5.74, 6) is 0.967. The van der Waals surface area contributed by atoms with Crippen molar-refractivity contribution in [3.8, 4) is 0 Å². The Balaban J connectivity index is 1.75. The van der Waals surface area contributed by atoms with Gasteiger partial charge in [-0.3, -0.25) is 0 Å². The van der Waals surface area contributed by atoms with E-state index < -0.39 is 0 Å². The molecule has 0 radical (unpaired) electrons. The zero-order chi connectivity index (χ0) is 14.5. The van der Waals surface area contributed by atoms with E-state index >= 15 is 0 Å². The molecule has 1 heteroatoms. The first kappa shape index (κ1) is 14.6. The molecule has 21 heavy (non-hydrogen) atoms. The van der Waals surface area contributed by atoms with Crippen LogP contribution in [0.15, 0.2) is 42.5 Å². The van der Waals surface area contributed by atoms with Crippen molar-refractivity contribution in [3.05, 3.63) is 48.0 Å². The van der Waals surface area contributed by atoms with Gasteiger partial charge >= 0.3 is 0 Å². The molecule has 1 aliphatic carbocycles. The van der Waals surface area contributed by atoms with Gasteiger partial charge in [0, 0.05) is 6.04 Å². The summed E-state index contributed by atoms with van der Waals surface area (Å²) in [6, 6.07) is 16.2. The minimum atomic E-state index is 0.640. The first-order valence-corrected chi connectivity index (χ1v) is 8.57. The third-order valence-corrected chi connectivity index (χ3v) is 4.87. The smallest absolute Gasteiger partial charge is 0.0110 e. The van der Waals surface area contributed by atoms with Gasteiger partial charge < -0.3 is 5.32 Å². The first-order valence-electron chi connectivity index (χ1n) is 8.57. The number of hydrogen-bond acceptors (Lipinski definition) is 1. The highest BCUT2D eigenvalue weighted by atomic mass is 14.9. The molecule has 1 fully saturated rings. The zero-order valence-electron chi connectivity index (χ0n) is 13.1. The van der Waals surface area contributed by atoms with Crippen LogP contribution in [0, 0.1) is 5.92 Å². The highest BCUT2D eigenvalue weighted by molar-refractivity contribution is 5.85. The van der Waals surface area contributed by atoms with Gasteiger partial charge in [0.25, 0.3) is 0 Å². The second-order valence-corrected chi connectivity index (χ2v) is 6.53. The lowest BCUT2D eigenvalue weighted by Gasteiger charge is -2.30. The average Bonchev–Trinajstić information content (AvgIpc) is 2.48. The van der Waals surface area contributed by atoms with E-state index in [0.717, 1.165) is 18.9 Å². The van der Waals surface area contributed by atoms with Gasteiger partial charge in [0.2, 0.25) is 0 Å². The molecule has 1 unspecified atom stereocenters. The Morgan fingerprint density at radius 1 is 1.10 bits per heavy atom. The first-order chi connectivity index (χ1) is 10.4. The largest absolute Gasteiger partial charge is 0.314 e. The molecule has 1 nitrogen and oxygen atoms in total. The van der Waals surface area contributed by atoms with Gasteiger partial charge in [-0.1, -0.05) is 68.7 Å². The van der Waals surface area contributed by atoms with Gasteiger partial charge in [-0.05, 0) is 48.1 Å². The number of rotatable bonds is 7. The molecule has 0 spiro atoms. The van der Waals surface area contributed by atoms with Crippen LogP contribution in [0.3, 0.4) is 0 Å². The summed E-state index contributed by atoms with van der Waals surface area (Å²) in [6.45, 7) is 3.40. The maximum Gasteiger partial charge on any atom is 0.0110 e. The van der Waals surface area contributed by atoms with Crippen molar-refractivity contribution in [2.45, 2.75) is 51.5 Å². The van der Waals surface area contributed by atoms with Crippen LogP contribution in [-0.2, 0) is 6.42 Å². The Morgan fingerprint density at radius 2 is 1.90 bits per heavy atom. The minimum absolute atomic E-state index is 0.640. The van der Waals surface area contributed by atoms with E-state index in [-0.39, 0.29) is 0 Å². The lowest BCUT2D eigenvalue weighted by molar-refractivity contribution is 0.259. The van der Waals surface area contributed by atoms with E-state index in [1.807, 2.05) is 0 Å². The van der Waals surface area contributed by atoms with Crippen molar-refractivity contribution in [2.75, 3.05) is 6.54 Å². The standard InChI is InChI=1S/C20H27N/c1-2-13-21-19(14-16-7-5-8-16)15-18-11-6-10-17-9-3-4-12-20(17)18/h3-4,6,9-12,16,19,21H,2,5,7-8,13-15H2,1H3. The van der Waals surface area contributed by atoms with Crippen LogP contribution >= 0.6 is 0 Å². The highest BCUT2D eigenvalue weighted by Gasteiger charge is 2.22. The summed E-state index contributed by atoms with van der Waals surface area (Å²) in [4.78, 5) is 0. The fourth-order valence-electron chi connectivity index (χ4n) is 3.45. The molecule has 0 saturated heterocycles. The minimum Gasteiger partial charge on any atom is -0.314 e. The van der Waals surface area contributed by atoms with Crippen molar-refractivity contribution < 1.29 is 0 Å². The number of benzene rings is 2. The molecule has 0 amide bonds. The summed E-state index contributed by atoms with van der Waals surface area (Å²) >= 11 is 0. The quantitative estimate of drug-likeness (QED) is 0.758. The molecule has 1 atom stereocenters. The van der Waals surface area contributed by atoms with Crippen LogP contribution in [0.2, 0.25) is 0 Å². The predicted octanol–water partition coefficient (Wildman–Crippen LogP) is 4.94. The number of hydrogen-bond donors (Lipinski definition) is 1. The summed E-state index contributed by atoms with van der Waals surface area (Å²) in [5.41, 5.74) is 1.50. The van der Waals surface area contributed by atoms with E-state index in [2.05, 4.69) is 54.7 Å². The molecule has 1 N–H and O–H groups in total. The van der Waals surface area contributed by atoms with Crippen LogP contribution in [0.25, 0.3) is 10.8 Å². The normalized spacial score (nSPS) is 16.8. The molecule has 0 heterocycles. The third kappa shape index (κ3) is 3.65. The number of nitrogens with one attached hydrogen (secondary N) is 1. The lowest BCUT2D eigenvalue weighted by atomic mass is 9.79. The van der Waals surface area contributed by atoms with Gasteiger partial charge in [0.1, 0.15) is 0 Å². The molecule has 3 rings (SSSR count). The Labute approximate surface area is 128 Å². The van der Waals surface area contributed by atoms with Gasteiger partial charge in [-0.2, -0.15) is 0 Å². The maximum absolute atomic E-state index is 3.78. The molecule has 1 saturated carbocycles. The van der Waals surface area contributed by atoms with Crippen molar-refractivity contribution in [1.29, 1.82) is 0 Å². The van der Waals surface area contributed by atoms with Crippen LogP contribution < -0.4 is 5.32 Å². The Kier molecular flexibility index (Phi) is 4.92. The van der Waals surface area contributed by atoms with Crippen molar-refractivity contribution in [2.24, 2.45) is 5.92 Å². The monoisotopic (exact) mass is 281 g/mol. The van der Waals surface area contributed by atoms with E-state index in [4.69, 9.17) is 0 Å². The van der Waals surface area contributed by atoms with E-state index in [0.29, 0.717) is 6.04 Å². The molecule has 1 aliphatic rings. The number of fused-ring (bicyclic) bond motifs is 1. The topological polar surface area (TPSA) is 12.0 Å². The van der Waals surface area contributed by atoms with E-state index in [9.17, 15) is 0 Å². The summed E-state index contributed by atoms with van der Waals surface area (Å²) in [5, 5.41) is 6.58. The molecular weight excluding hydrogens is 254 g/mol. The molecule has 2 aromatic carbocycles. The fourth-order valence-corrected chi connectivity index (χ4v) is 3.45. The Morgan fingerprint density at radius 3 is 2.67 bits per heavy atom. The van der Waals surface area contributed by atoms with Crippen molar-refractivity contribution in [3.63, 3.8) is 0 Å². The molecule has 0 bridgehead atoms. The van der Waals surface area contributed by atoms with Gasteiger partial charge in [-0.15, -0.1) is 0 Å². The van der Waals surface area contributed by atoms with Crippen LogP contribution in [0.1, 0.15) is 44.6 Å². The molecule has 2 aromatic rings. The van der Waals surface area contributed by atoms with E-state index in [1.165, 1.54) is 48.4 Å². The van der Waals surface area contributed by atoms with Gasteiger partial charge in [-0.25, -0.2) is 0 Å². The zero-order valence-corrected chi connectivity index (χ0v) is 13.1. The van der Waals surface area contributed by atoms with Crippen LogP contribution in [0.4, 0.5) is 0 Å².